The van der Waals surface area contributed by atoms with Crippen molar-refractivity contribution in [1.29, 1.82) is 0 Å². The van der Waals surface area contributed by atoms with Crippen LogP contribution in [-0.4, -0.2) is 40.4 Å². The third-order valence-corrected chi connectivity index (χ3v) is 9.59. The Labute approximate surface area is 235 Å². The second kappa shape index (κ2) is 10.4. The first-order valence-electron chi connectivity index (χ1n) is 13.2. The zero-order valence-corrected chi connectivity index (χ0v) is 23.6. The molecule has 210 valence electrons. The summed E-state index contributed by atoms with van der Waals surface area (Å²) in [6, 6.07) is 4.55. The minimum atomic E-state index is -1.56. The van der Waals surface area contributed by atoms with Crippen molar-refractivity contribution in [3.05, 3.63) is 63.9 Å². The van der Waals surface area contributed by atoms with E-state index >= 15 is 4.39 Å². The molecule has 2 aromatic rings. The Bertz CT molecular complexity index is 1310. The van der Waals surface area contributed by atoms with Gasteiger partial charge in [0.15, 0.2) is 11.6 Å². The van der Waals surface area contributed by atoms with Crippen molar-refractivity contribution in [2.45, 2.75) is 93.3 Å². The fourth-order valence-electron chi connectivity index (χ4n) is 6.54. The van der Waals surface area contributed by atoms with Crippen LogP contribution in [0, 0.1) is 22.9 Å². The van der Waals surface area contributed by atoms with E-state index in [1.54, 1.807) is 6.07 Å². The van der Waals surface area contributed by atoms with Crippen molar-refractivity contribution in [2.75, 3.05) is 0 Å². The summed E-state index contributed by atoms with van der Waals surface area (Å²) in [6.45, 7) is 5.95. The van der Waals surface area contributed by atoms with Crippen LogP contribution in [0.4, 0.5) is 13.2 Å². The second-order valence-corrected chi connectivity index (χ2v) is 13.5. The van der Waals surface area contributed by atoms with Gasteiger partial charge in [0.25, 0.3) is 0 Å². The predicted molar refractivity (Wildman–Crippen MR) is 144 cm³/mol. The van der Waals surface area contributed by atoms with Crippen molar-refractivity contribution < 1.29 is 27.9 Å². The molecular formula is C29H32ClF3N2O3S. The number of nitrogens with one attached hydrogen (secondary N) is 2. The first-order chi connectivity index (χ1) is 18.3. The van der Waals surface area contributed by atoms with Gasteiger partial charge in [0.05, 0.1) is 22.6 Å². The highest BCUT2D eigenvalue weighted by molar-refractivity contribution is 8.14. The van der Waals surface area contributed by atoms with Crippen LogP contribution < -0.4 is 10.6 Å². The van der Waals surface area contributed by atoms with Crippen LogP contribution in [0.1, 0.15) is 69.9 Å². The average molecular weight is 581 g/mol. The summed E-state index contributed by atoms with van der Waals surface area (Å²) >= 11 is 6.99. The van der Waals surface area contributed by atoms with E-state index in [-0.39, 0.29) is 32.5 Å². The number of aliphatic hydroxyl groups excluding tert-OH is 1. The van der Waals surface area contributed by atoms with Gasteiger partial charge in [-0.25, -0.2) is 13.2 Å². The van der Waals surface area contributed by atoms with Gasteiger partial charge in [0.1, 0.15) is 5.82 Å². The molecule has 0 aromatic heterocycles. The maximum atomic E-state index is 15.8. The fraction of sp³-hybridized carbons (Fsp3) is 0.517. The molecule has 39 heavy (non-hydrogen) atoms. The Morgan fingerprint density at radius 3 is 2.49 bits per heavy atom. The van der Waals surface area contributed by atoms with Crippen LogP contribution >= 0.6 is 23.4 Å². The van der Waals surface area contributed by atoms with Gasteiger partial charge in [-0.05, 0) is 66.8 Å². The number of amides is 1. The Balaban J connectivity index is 1.69. The van der Waals surface area contributed by atoms with Crippen molar-refractivity contribution in [3.63, 3.8) is 0 Å². The number of fused-ring (bicyclic) bond motifs is 2. The normalized spacial score (nSPS) is 30.6. The highest BCUT2D eigenvalue weighted by atomic mass is 35.5. The quantitative estimate of drug-likeness (QED) is 0.438. The molecule has 5 rings (SSSR count). The molecule has 5 nitrogen and oxygen atoms in total. The highest BCUT2D eigenvalue weighted by Gasteiger charge is 2.66. The van der Waals surface area contributed by atoms with Crippen LogP contribution in [-0.2, 0) is 15.0 Å². The van der Waals surface area contributed by atoms with Crippen molar-refractivity contribution in [2.24, 2.45) is 5.41 Å². The summed E-state index contributed by atoms with van der Waals surface area (Å²) in [7, 11) is 0. The van der Waals surface area contributed by atoms with Gasteiger partial charge in [-0.2, -0.15) is 0 Å². The number of carbonyl (C=O) groups excluding carboxylic acids is 2. The molecule has 3 N–H and O–H groups in total. The summed E-state index contributed by atoms with van der Waals surface area (Å²) in [6.07, 6.45) is 2.28. The number of thioether (sulfide) groups is 1. The Kier molecular flexibility index (Phi) is 7.59. The number of halogens is 4. The molecule has 1 amide bonds. The van der Waals surface area contributed by atoms with Gasteiger partial charge in [-0.3, -0.25) is 9.59 Å². The van der Waals surface area contributed by atoms with Crippen LogP contribution in [0.3, 0.4) is 0 Å². The SMILES string of the molecule is CC(C)(C)C[C@H]1N[C@@H](C(=O)N[C@H]2CC[C@H](O)CC2)[C@H](c2cccc(Cl)c2F)[C@@]12C(=O)Sc1cc(F)c(F)cc12. The van der Waals surface area contributed by atoms with Gasteiger partial charge >= 0.3 is 0 Å². The lowest BCUT2D eigenvalue weighted by Crippen LogP contribution is -2.49. The van der Waals surface area contributed by atoms with Crippen LogP contribution in [0.15, 0.2) is 35.2 Å². The Hall–Kier alpha value is -2.07. The molecule has 1 aliphatic carbocycles. The predicted octanol–water partition coefficient (Wildman–Crippen LogP) is 5.61. The number of benzene rings is 2. The van der Waals surface area contributed by atoms with E-state index in [1.807, 2.05) is 20.8 Å². The van der Waals surface area contributed by atoms with Crippen LogP contribution in [0.25, 0.3) is 0 Å². The maximum absolute atomic E-state index is 15.8. The Morgan fingerprint density at radius 2 is 1.82 bits per heavy atom. The van der Waals surface area contributed by atoms with Crippen LogP contribution in [0.2, 0.25) is 5.02 Å². The number of carbonyl (C=O) groups is 2. The summed E-state index contributed by atoms with van der Waals surface area (Å²) in [5, 5.41) is 15.7. The monoisotopic (exact) mass is 580 g/mol. The fourth-order valence-corrected chi connectivity index (χ4v) is 7.96. The van der Waals surface area contributed by atoms with Gasteiger partial charge in [-0.15, -0.1) is 0 Å². The molecule has 2 heterocycles. The van der Waals surface area contributed by atoms with E-state index in [2.05, 4.69) is 10.6 Å². The summed E-state index contributed by atoms with van der Waals surface area (Å²) in [5.74, 6) is -4.44. The van der Waals surface area contributed by atoms with E-state index in [1.165, 1.54) is 12.1 Å². The van der Waals surface area contributed by atoms with Crippen LogP contribution in [0.5, 0.6) is 0 Å². The van der Waals surface area contributed by atoms with Gasteiger partial charge in [-0.1, -0.05) is 56.3 Å². The highest BCUT2D eigenvalue weighted by Crippen LogP contribution is 2.60. The standard InChI is InChI=1S/C29H32ClF3N2O3S/c1-28(2,3)13-22-29(17-11-19(31)20(32)12-21(17)39-27(29)38)23(16-5-4-6-18(30)24(16)33)25(35-22)26(37)34-14-7-9-15(36)10-8-14/h4-6,11-12,14-15,22-23,25,35-36H,7-10,13H2,1-3H3,(H,34,37)/t14-,15-,22-,23+,25-,29+/m1/s1. The number of rotatable bonds is 4. The molecule has 3 aliphatic rings. The second-order valence-electron chi connectivity index (χ2n) is 12.1. The summed E-state index contributed by atoms with van der Waals surface area (Å²) in [5.41, 5.74) is -1.58. The van der Waals surface area contributed by atoms with Gasteiger partial charge < -0.3 is 15.7 Å². The lowest BCUT2D eigenvalue weighted by molar-refractivity contribution is -0.124. The lowest BCUT2D eigenvalue weighted by atomic mass is 9.62. The Morgan fingerprint density at radius 1 is 1.15 bits per heavy atom. The number of hydrogen-bond donors (Lipinski definition) is 3. The molecule has 1 saturated carbocycles. The number of hydrogen-bond acceptors (Lipinski definition) is 5. The largest absolute Gasteiger partial charge is 0.393 e. The molecule has 2 aromatic carbocycles. The number of aliphatic hydroxyl groups is 1. The summed E-state index contributed by atoms with van der Waals surface area (Å²) < 4.78 is 44.8. The van der Waals surface area contributed by atoms with Gasteiger partial charge in [0, 0.05) is 22.9 Å². The molecule has 0 radical (unpaired) electrons. The van der Waals surface area contributed by atoms with Crippen molar-refractivity contribution in [1.82, 2.24) is 10.6 Å². The van der Waals surface area contributed by atoms with E-state index in [0.717, 1.165) is 23.9 Å². The zero-order chi connectivity index (χ0) is 28.3. The lowest BCUT2D eigenvalue weighted by Gasteiger charge is -2.38. The molecule has 0 unspecified atom stereocenters. The van der Waals surface area contributed by atoms with Crippen molar-refractivity contribution >= 4 is 34.4 Å². The molecule has 2 fully saturated rings. The minimum Gasteiger partial charge on any atom is -0.393 e. The maximum Gasteiger partial charge on any atom is 0.238 e. The third kappa shape index (κ3) is 5.00. The van der Waals surface area contributed by atoms with Crippen molar-refractivity contribution in [3.8, 4) is 0 Å². The summed E-state index contributed by atoms with van der Waals surface area (Å²) in [4.78, 5) is 28.3. The first kappa shape index (κ1) is 28.5. The molecule has 2 aliphatic heterocycles. The van der Waals surface area contributed by atoms with E-state index < -0.39 is 58.0 Å². The zero-order valence-electron chi connectivity index (χ0n) is 22.0. The van der Waals surface area contributed by atoms with E-state index in [9.17, 15) is 23.5 Å². The minimum absolute atomic E-state index is 0.0668. The molecule has 0 bridgehead atoms. The molecule has 1 saturated heterocycles. The molecule has 10 heteroatoms. The molecule has 4 atom stereocenters. The third-order valence-electron chi connectivity index (χ3n) is 8.22. The average Bonchev–Trinajstić information content (AvgIpc) is 3.32. The van der Waals surface area contributed by atoms with Gasteiger partial charge in [0.2, 0.25) is 11.0 Å². The smallest absolute Gasteiger partial charge is 0.238 e. The van der Waals surface area contributed by atoms with E-state index in [4.69, 9.17) is 11.6 Å². The molecule has 1 spiro atoms. The first-order valence-corrected chi connectivity index (χ1v) is 14.4. The molecular weight excluding hydrogens is 549 g/mol. The topological polar surface area (TPSA) is 78.4 Å². The van der Waals surface area contributed by atoms with E-state index in [0.29, 0.717) is 32.1 Å².